The summed E-state index contributed by atoms with van der Waals surface area (Å²) < 4.78 is 9.37. The highest BCUT2D eigenvalue weighted by molar-refractivity contribution is 7.36. The van der Waals surface area contributed by atoms with Crippen LogP contribution in [0.3, 0.4) is 0 Å². The van der Waals surface area contributed by atoms with Gasteiger partial charge in [-0.3, -0.25) is 0 Å². The van der Waals surface area contributed by atoms with Gasteiger partial charge in [0.05, 0.1) is 20.4 Å². The van der Waals surface area contributed by atoms with Gasteiger partial charge in [0, 0.05) is 52.6 Å². The summed E-state index contributed by atoms with van der Waals surface area (Å²) in [6.07, 6.45) is 0.970. The van der Waals surface area contributed by atoms with E-state index in [1.807, 2.05) is 34.0 Å². The first-order chi connectivity index (χ1) is 32.2. The van der Waals surface area contributed by atoms with E-state index in [0.717, 1.165) is 12.1 Å². The van der Waals surface area contributed by atoms with Gasteiger partial charge < -0.3 is 4.57 Å². The molecule has 0 bridgehead atoms. The van der Waals surface area contributed by atoms with Gasteiger partial charge in [0.1, 0.15) is 0 Å². The fourth-order valence-electron chi connectivity index (χ4n) is 11.0. The molecule has 4 aromatic heterocycles. The first-order valence-corrected chi connectivity index (χ1v) is 24.7. The zero-order valence-corrected chi connectivity index (χ0v) is 37.4. The van der Waals surface area contributed by atoms with Crippen LogP contribution in [0.1, 0.15) is 11.1 Å². The lowest BCUT2D eigenvalue weighted by Gasteiger charge is -2.15. The second-order valence-corrected chi connectivity index (χ2v) is 20.7. The Labute approximate surface area is 386 Å². The molecule has 0 saturated carbocycles. The minimum atomic E-state index is 0.970. The summed E-state index contributed by atoms with van der Waals surface area (Å²) in [5.74, 6) is 0. The van der Waals surface area contributed by atoms with Crippen LogP contribution in [0.2, 0.25) is 0 Å². The molecule has 14 aromatic rings. The molecule has 1 aliphatic carbocycles. The number of hydrogen-bond acceptors (Lipinski definition) is 3. The van der Waals surface area contributed by atoms with Crippen molar-refractivity contribution in [3.05, 3.63) is 211 Å². The number of rotatable bonds is 4. The van der Waals surface area contributed by atoms with Crippen molar-refractivity contribution < 1.29 is 0 Å². The summed E-state index contributed by atoms with van der Waals surface area (Å²) in [4.78, 5) is 1.43. The van der Waals surface area contributed by atoms with Crippen LogP contribution >= 0.6 is 34.0 Å². The predicted molar refractivity (Wildman–Crippen MR) is 284 cm³/mol. The normalized spacial score (nSPS) is 12.6. The van der Waals surface area contributed by atoms with Crippen molar-refractivity contribution in [2.45, 2.75) is 6.42 Å². The maximum atomic E-state index is 2.50. The molecule has 0 aliphatic heterocycles. The summed E-state index contributed by atoms with van der Waals surface area (Å²) in [5.41, 5.74) is 15.3. The Bertz CT molecular complexity index is 4340. The average molecular weight is 878 g/mol. The van der Waals surface area contributed by atoms with E-state index < -0.39 is 0 Å². The number of thiophene rings is 3. The molecular formula is C61H35NS3. The van der Waals surface area contributed by atoms with Crippen molar-refractivity contribution in [2.24, 2.45) is 0 Å². The number of para-hydroxylation sites is 1. The number of benzene rings is 10. The highest BCUT2D eigenvalue weighted by atomic mass is 32.1. The average Bonchev–Trinajstić information content (AvgIpc) is 4.17. The lowest BCUT2D eigenvalue weighted by atomic mass is 9.94. The molecule has 0 spiro atoms. The van der Waals surface area contributed by atoms with Crippen molar-refractivity contribution in [3.8, 4) is 49.5 Å². The van der Waals surface area contributed by atoms with E-state index in [0.29, 0.717) is 0 Å². The summed E-state index contributed by atoms with van der Waals surface area (Å²) in [5, 5.41) is 11.7. The largest absolute Gasteiger partial charge is 0.309 e. The van der Waals surface area contributed by atoms with Crippen molar-refractivity contribution in [3.63, 3.8) is 0 Å². The van der Waals surface area contributed by atoms with E-state index in [1.165, 1.54) is 138 Å². The van der Waals surface area contributed by atoms with E-state index in [4.69, 9.17) is 0 Å². The minimum absolute atomic E-state index is 0.970. The van der Waals surface area contributed by atoms with E-state index in [-0.39, 0.29) is 0 Å². The third kappa shape index (κ3) is 5.30. The number of nitrogens with zero attached hydrogens (tertiary/aromatic N) is 1. The van der Waals surface area contributed by atoms with Gasteiger partial charge in [-0.05, 0) is 132 Å². The molecule has 0 unspecified atom stereocenters. The molecule has 0 atom stereocenters. The second kappa shape index (κ2) is 13.6. The molecule has 4 heteroatoms. The Morgan fingerprint density at radius 3 is 1.86 bits per heavy atom. The van der Waals surface area contributed by atoms with Crippen LogP contribution in [0.4, 0.5) is 0 Å². The summed E-state index contributed by atoms with van der Waals surface area (Å²) >= 11 is 5.78. The van der Waals surface area contributed by atoms with Crippen LogP contribution in [0, 0.1) is 0 Å². The summed E-state index contributed by atoms with van der Waals surface area (Å²) in [7, 11) is 0. The zero-order valence-electron chi connectivity index (χ0n) is 34.9. The van der Waals surface area contributed by atoms with E-state index >= 15 is 0 Å². The molecular weight excluding hydrogens is 843 g/mol. The molecule has 4 heterocycles. The topological polar surface area (TPSA) is 4.93 Å². The van der Waals surface area contributed by atoms with Gasteiger partial charge in [-0.1, -0.05) is 146 Å². The summed E-state index contributed by atoms with van der Waals surface area (Å²) in [6, 6.07) is 75.4. The molecule has 15 rings (SSSR count). The SMILES string of the molecule is c1ccc2c(c1)ccc1c(-c3ccc4c(c3)c3ccccc3n4-c3cc(-c4ccc5c(c4)Cc4c-5sc5ccccc45)cc(-c4ccc5c(c4)sc4c6ccccc6sc54)c3)cccc12. The van der Waals surface area contributed by atoms with E-state index in [2.05, 4.69) is 205 Å². The lowest BCUT2D eigenvalue weighted by Crippen LogP contribution is -1.96. The molecule has 65 heavy (non-hydrogen) atoms. The van der Waals surface area contributed by atoms with Gasteiger partial charge >= 0.3 is 0 Å². The van der Waals surface area contributed by atoms with Crippen LogP contribution < -0.4 is 0 Å². The third-order valence-corrected chi connectivity index (χ3v) is 17.8. The molecule has 0 saturated heterocycles. The predicted octanol–water partition coefficient (Wildman–Crippen LogP) is 18.5. The van der Waals surface area contributed by atoms with Crippen molar-refractivity contribution in [1.29, 1.82) is 0 Å². The van der Waals surface area contributed by atoms with E-state index in [1.54, 1.807) is 0 Å². The zero-order chi connectivity index (χ0) is 42.3. The third-order valence-electron chi connectivity index (χ3n) is 14.0. The fourth-order valence-corrected chi connectivity index (χ4v) is 15.0. The van der Waals surface area contributed by atoms with Crippen LogP contribution in [0.15, 0.2) is 200 Å². The Kier molecular flexibility index (Phi) is 7.54. The highest BCUT2D eigenvalue weighted by Crippen LogP contribution is 2.49. The van der Waals surface area contributed by atoms with Crippen molar-refractivity contribution in [2.75, 3.05) is 0 Å². The smallest absolute Gasteiger partial charge is 0.0542 e. The van der Waals surface area contributed by atoms with Gasteiger partial charge in [-0.2, -0.15) is 0 Å². The first-order valence-electron chi connectivity index (χ1n) is 22.3. The monoisotopic (exact) mass is 877 g/mol. The Morgan fingerprint density at radius 1 is 0.338 bits per heavy atom. The Morgan fingerprint density at radius 2 is 0.985 bits per heavy atom. The Hall–Kier alpha value is -7.34. The maximum Gasteiger partial charge on any atom is 0.0542 e. The van der Waals surface area contributed by atoms with Gasteiger partial charge in [0.25, 0.3) is 0 Å². The standard InChI is InChI=1S/C61H35NS3/c1-2-11-43-35(10-1)20-25-47-44(15-9-16-46(43)47)38-23-27-55-52(32-38)48-12-3-6-17-54(48)62(55)42-30-39(36-21-24-45-41(28-36)33-53-49-13-4-7-18-56(49)63-59(45)53)29-40(31-42)37-22-26-51-58(34-37)65-60-50-14-5-8-19-57(50)64-61(51)60/h1-32,34H,33H2. The van der Waals surface area contributed by atoms with Crippen molar-refractivity contribution in [1.82, 2.24) is 4.57 Å². The number of hydrogen-bond donors (Lipinski definition) is 0. The van der Waals surface area contributed by atoms with Gasteiger partial charge in [0.15, 0.2) is 0 Å². The Balaban J connectivity index is 0.929. The molecule has 302 valence electrons. The first kappa shape index (κ1) is 36.0. The van der Waals surface area contributed by atoms with Crippen LogP contribution in [0.5, 0.6) is 0 Å². The van der Waals surface area contributed by atoms with E-state index in [9.17, 15) is 0 Å². The molecule has 0 amide bonds. The maximum absolute atomic E-state index is 2.50. The van der Waals surface area contributed by atoms with Gasteiger partial charge in [0.2, 0.25) is 0 Å². The van der Waals surface area contributed by atoms with Crippen LogP contribution in [-0.4, -0.2) is 4.57 Å². The second-order valence-electron chi connectivity index (χ2n) is 17.6. The van der Waals surface area contributed by atoms with Crippen LogP contribution in [0.25, 0.3) is 133 Å². The fraction of sp³-hybridized carbons (Fsp3) is 0.0164. The lowest BCUT2D eigenvalue weighted by molar-refractivity contribution is 1.18. The number of fused-ring (bicyclic) bond motifs is 16. The van der Waals surface area contributed by atoms with Gasteiger partial charge in [-0.15, -0.1) is 34.0 Å². The van der Waals surface area contributed by atoms with Crippen molar-refractivity contribution >= 4 is 117 Å². The van der Waals surface area contributed by atoms with Gasteiger partial charge in [-0.25, -0.2) is 0 Å². The summed E-state index contributed by atoms with van der Waals surface area (Å²) in [6.45, 7) is 0. The molecule has 1 nitrogen and oxygen atoms in total. The number of aromatic nitrogens is 1. The molecule has 10 aromatic carbocycles. The highest BCUT2D eigenvalue weighted by Gasteiger charge is 2.25. The molecule has 0 N–H and O–H groups in total. The minimum Gasteiger partial charge on any atom is -0.309 e. The quantitative estimate of drug-likeness (QED) is 0.155. The van der Waals surface area contributed by atoms with Crippen LogP contribution in [-0.2, 0) is 6.42 Å². The molecule has 0 radical (unpaired) electrons. The molecule has 0 fully saturated rings. The molecule has 1 aliphatic rings.